The van der Waals surface area contributed by atoms with E-state index in [9.17, 15) is 9.90 Å². The number of benzene rings is 1. The van der Waals surface area contributed by atoms with Crippen LogP contribution in [0.5, 0.6) is 0 Å². The highest BCUT2D eigenvalue weighted by molar-refractivity contribution is 6.33. The van der Waals surface area contributed by atoms with E-state index in [1.54, 1.807) is 31.3 Å². The molecule has 2 aromatic rings. The number of para-hydroxylation sites is 1. The summed E-state index contributed by atoms with van der Waals surface area (Å²) in [5, 5.41) is 13.0. The Morgan fingerprint density at radius 3 is 2.63 bits per heavy atom. The number of hydrogen-bond donors (Lipinski definition) is 2. The Bertz CT molecular complexity index is 613. The molecule has 1 heterocycles. The molecule has 0 aliphatic rings. The molecule has 0 fully saturated rings. The summed E-state index contributed by atoms with van der Waals surface area (Å²) in [4.78, 5) is 15.4. The predicted molar refractivity (Wildman–Crippen MR) is 73.7 cm³/mol. The van der Waals surface area contributed by atoms with Gasteiger partial charge in [0, 0.05) is 7.05 Å². The van der Waals surface area contributed by atoms with Crippen molar-refractivity contribution in [1.82, 2.24) is 9.55 Å². The molecule has 0 amide bonds. The second kappa shape index (κ2) is 5.50. The summed E-state index contributed by atoms with van der Waals surface area (Å²) in [6, 6.07) is 5.87. The maximum atomic E-state index is 11.4. The second-order valence-corrected chi connectivity index (χ2v) is 4.69. The fraction of sp³-hybridized carbons (Fsp3) is 0.167. The molecule has 0 radical (unpaired) electrons. The van der Waals surface area contributed by atoms with E-state index in [2.05, 4.69) is 10.3 Å². The summed E-state index contributed by atoms with van der Waals surface area (Å²) in [6.45, 7) is 0. The number of aliphatic carboxylic acids is 1. The number of halogens is 2. The number of rotatable bonds is 4. The molecule has 19 heavy (non-hydrogen) atoms. The number of nitrogens with one attached hydrogen (secondary N) is 1. The lowest BCUT2D eigenvalue weighted by atomic mass is 10.2. The third-order valence-electron chi connectivity index (χ3n) is 2.65. The molecule has 0 saturated carbocycles. The van der Waals surface area contributed by atoms with Crippen LogP contribution < -0.4 is 5.32 Å². The lowest BCUT2D eigenvalue weighted by molar-refractivity contribution is -0.138. The molecule has 0 aliphatic heterocycles. The highest BCUT2D eigenvalue weighted by Gasteiger charge is 2.25. The third-order valence-corrected chi connectivity index (χ3v) is 3.33. The van der Waals surface area contributed by atoms with Crippen LogP contribution in [0.4, 0.5) is 5.69 Å². The quantitative estimate of drug-likeness (QED) is 0.911. The van der Waals surface area contributed by atoms with Crippen molar-refractivity contribution in [2.24, 2.45) is 7.05 Å². The molecule has 0 bridgehead atoms. The minimum absolute atomic E-state index is 0.303. The van der Waals surface area contributed by atoms with Crippen LogP contribution in [0.3, 0.4) is 0 Å². The molecule has 5 nitrogen and oxygen atoms in total. The van der Waals surface area contributed by atoms with E-state index < -0.39 is 12.0 Å². The molecule has 2 rings (SSSR count). The van der Waals surface area contributed by atoms with E-state index in [0.29, 0.717) is 21.7 Å². The van der Waals surface area contributed by atoms with Gasteiger partial charge < -0.3 is 15.0 Å². The molecule has 1 aromatic heterocycles. The SMILES string of the molecule is Cn1c(Cl)cnc1C(Nc1ccccc1Cl)C(=O)O. The highest BCUT2D eigenvalue weighted by atomic mass is 35.5. The lowest BCUT2D eigenvalue weighted by Gasteiger charge is -2.16. The first kappa shape index (κ1) is 13.7. The van der Waals surface area contributed by atoms with Gasteiger partial charge in [-0.2, -0.15) is 0 Å². The minimum atomic E-state index is -1.06. The van der Waals surface area contributed by atoms with Gasteiger partial charge in [0.1, 0.15) is 11.0 Å². The van der Waals surface area contributed by atoms with Crippen LogP contribution >= 0.6 is 23.2 Å². The zero-order valence-electron chi connectivity index (χ0n) is 9.97. The van der Waals surface area contributed by atoms with Gasteiger partial charge in [0.25, 0.3) is 0 Å². The summed E-state index contributed by atoms with van der Waals surface area (Å²) < 4.78 is 1.50. The Labute approximate surface area is 119 Å². The Morgan fingerprint density at radius 1 is 1.42 bits per heavy atom. The summed E-state index contributed by atoms with van der Waals surface area (Å²) in [7, 11) is 1.65. The molecule has 0 saturated heterocycles. The number of nitrogens with zero attached hydrogens (tertiary/aromatic N) is 2. The molecule has 7 heteroatoms. The maximum absolute atomic E-state index is 11.4. The Balaban J connectivity index is 2.35. The standard InChI is InChI=1S/C12H11Cl2N3O2/c1-17-9(14)6-15-11(17)10(12(18)19)16-8-5-3-2-4-7(8)13/h2-6,10,16H,1H3,(H,18,19). The number of imidazole rings is 1. The Morgan fingerprint density at radius 2 is 2.11 bits per heavy atom. The Kier molecular flexibility index (Phi) is 3.97. The van der Waals surface area contributed by atoms with Gasteiger partial charge in [-0.1, -0.05) is 35.3 Å². The topological polar surface area (TPSA) is 67.2 Å². The van der Waals surface area contributed by atoms with Crippen LogP contribution in [0.2, 0.25) is 10.2 Å². The van der Waals surface area contributed by atoms with E-state index in [1.807, 2.05) is 0 Å². The number of carboxylic acid groups (broad SMARTS) is 1. The lowest BCUT2D eigenvalue weighted by Crippen LogP contribution is -2.24. The van der Waals surface area contributed by atoms with Crippen molar-refractivity contribution in [3.8, 4) is 0 Å². The van der Waals surface area contributed by atoms with Crippen molar-refractivity contribution in [3.05, 3.63) is 46.5 Å². The fourth-order valence-electron chi connectivity index (χ4n) is 1.64. The normalized spacial score (nSPS) is 12.2. The first-order chi connectivity index (χ1) is 9.00. The van der Waals surface area contributed by atoms with Crippen LogP contribution in [0.1, 0.15) is 11.9 Å². The second-order valence-electron chi connectivity index (χ2n) is 3.89. The van der Waals surface area contributed by atoms with E-state index in [1.165, 1.54) is 10.8 Å². The number of hydrogen-bond acceptors (Lipinski definition) is 3. The van der Waals surface area contributed by atoms with Gasteiger partial charge in [-0.25, -0.2) is 9.78 Å². The maximum Gasteiger partial charge on any atom is 0.334 e. The Hall–Kier alpha value is -1.72. The van der Waals surface area contributed by atoms with Crippen LogP contribution in [-0.4, -0.2) is 20.6 Å². The van der Waals surface area contributed by atoms with Crippen LogP contribution in [0.25, 0.3) is 0 Å². The van der Waals surface area contributed by atoms with Crippen LogP contribution in [-0.2, 0) is 11.8 Å². The molecule has 1 aromatic carbocycles. The fourth-order valence-corrected chi connectivity index (χ4v) is 1.97. The smallest absolute Gasteiger partial charge is 0.334 e. The van der Waals surface area contributed by atoms with Gasteiger partial charge in [-0.15, -0.1) is 0 Å². The zero-order chi connectivity index (χ0) is 14.0. The van der Waals surface area contributed by atoms with Crippen molar-refractivity contribution in [1.29, 1.82) is 0 Å². The van der Waals surface area contributed by atoms with Gasteiger partial charge >= 0.3 is 5.97 Å². The third kappa shape index (κ3) is 2.83. The number of carbonyl (C=O) groups is 1. The number of carboxylic acids is 1. The highest BCUT2D eigenvalue weighted by Crippen LogP contribution is 2.26. The first-order valence-corrected chi connectivity index (χ1v) is 6.17. The summed E-state index contributed by atoms with van der Waals surface area (Å²) >= 11 is 11.9. The van der Waals surface area contributed by atoms with Crippen molar-refractivity contribution < 1.29 is 9.90 Å². The molecule has 2 N–H and O–H groups in total. The van der Waals surface area contributed by atoms with E-state index in [4.69, 9.17) is 23.2 Å². The molecule has 1 atom stereocenters. The van der Waals surface area contributed by atoms with Gasteiger partial charge in [0.2, 0.25) is 0 Å². The molecule has 1 unspecified atom stereocenters. The summed E-state index contributed by atoms with van der Waals surface area (Å²) in [5.41, 5.74) is 0.524. The monoisotopic (exact) mass is 299 g/mol. The molecule has 0 spiro atoms. The minimum Gasteiger partial charge on any atom is -0.479 e. The van der Waals surface area contributed by atoms with Crippen molar-refractivity contribution in [3.63, 3.8) is 0 Å². The van der Waals surface area contributed by atoms with Crippen molar-refractivity contribution in [2.45, 2.75) is 6.04 Å². The molecular formula is C12H11Cl2N3O2. The average Bonchev–Trinajstić information content (AvgIpc) is 2.69. The zero-order valence-corrected chi connectivity index (χ0v) is 11.5. The van der Waals surface area contributed by atoms with Crippen LogP contribution in [0, 0.1) is 0 Å². The van der Waals surface area contributed by atoms with Crippen LogP contribution in [0.15, 0.2) is 30.5 Å². The number of aromatic nitrogens is 2. The van der Waals surface area contributed by atoms with E-state index >= 15 is 0 Å². The first-order valence-electron chi connectivity index (χ1n) is 5.41. The largest absolute Gasteiger partial charge is 0.479 e. The summed E-state index contributed by atoms with van der Waals surface area (Å²) in [5.74, 6) is -0.761. The van der Waals surface area contributed by atoms with Crippen molar-refractivity contribution >= 4 is 34.9 Å². The number of anilines is 1. The van der Waals surface area contributed by atoms with Gasteiger partial charge in [-0.3, -0.25) is 0 Å². The predicted octanol–water partition coefficient (Wildman–Crippen LogP) is 2.96. The van der Waals surface area contributed by atoms with Gasteiger partial charge in [0.15, 0.2) is 6.04 Å². The van der Waals surface area contributed by atoms with E-state index in [0.717, 1.165) is 0 Å². The summed E-state index contributed by atoms with van der Waals surface area (Å²) in [6.07, 6.45) is 1.40. The van der Waals surface area contributed by atoms with Crippen molar-refractivity contribution in [2.75, 3.05) is 5.32 Å². The van der Waals surface area contributed by atoms with Gasteiger partial charge in [-0.05, 0) is 12.1 Å². The molecule has 0 aliphatic carbocycles. The molecular weight excluding hydrogens is 289 g/mol. The molecule has 100 valence electrons. The van der Waals surface area contributed by atoms with Gasteiger partial charge in [0.05, 0.1) is 16.9 Å². The average molecular weight is 300 g/mol. The van der Waals surface area contributed by atoms with E-state index in [-0.39, 0.29) is 0 Å².